The molecule has 1 heterocycles. The number of hydrogen-bond acceptors (Lipinski definition) is 5. The van der Waals surface area contributed by atoms with Gasteiger partial charge in [0.05, 0.1) is 10.6 Å². The molecule has 132 valence electrons. The second-order valence-electron chi connectivity index (χ2n) is 5.14. The number of benzene rings is 1. The third-order valence-corrected chi connectivity index (χ3v) is 3.92. The van der Waals surface area contributed by atoms with Gasteiger partial charge in [-0.1, -0.05) is 23.7 Å². The van der Waals surface area contributed by atoms with Gasteiger partial charge in [0.1, 0.15) is 16.5 Å². The Labute approximate surface area is 159 Å². The van der Waals surface area contributed by atoms with E-state index in [9.17, 15) is 4.79 Å². The lowest BCUT2D eigenvalue weighted by Gasteiger charge is -2.31. The van der Waals surface area contributed by atoms with Crippen molar-refractivity contribution in [2.24, 2.45) is 0 Å². The molecular weight excluding hydrogens is 408 g/mol. The molecule has 0 aromatic heterocycles. The van der Waals surface area contributed by atoms with Gasteiger partial charge in [0.15, 0.2) is 5.88 Å². The van der Waals surface area contributed by atoms with E-state index in [-0.39, 0.29) is 22.6 Å². The topological polar surface area (TPSA) is 77.4 Å². The lowest BCUT2D eigenvalue weighted by Crippen LogP contribution is -2.43. The van der Waals surface area contributed by atoms with Gasteiger partial charge in [-0.3, -0.25) is 10.2 Å². The summed E-state index contributed by atoms with van der Waals surface area (Å²) in [5, 5.41) is 13.9. The molecule has 8 heteroatoms. The van der Waals surface area contributed by atoms with E-state index in [4.69, 9.17) is 21.7 Å². The van der Waals surface area contributed by atoms with E-state index in [1.807, 2.05) is 24.2 Å². The molecule has 0 spiro atoms. The quantitative estimate of drug-likeness (QED) is 0.483. The molecule has 0 aliphatic carbocycles. The van der Waals surface area contributed by atoms with Crippen LogP contribution in [0, 0.1) is 5.41 Å². The number of allylic oxidation sites excluding steroid dienone is 3. The first kappa shape index (κ1) is 19.1. The van der Waals surface area contributed by atoms with Crippen molar-refractivity contribution in [3.8, 4) is 5.75 Å². The second-order valence-corrected chi connectivity index (χ2v) is 6.43. The van der Waals surface area contributed by atoms with Gasteiger partial charge in [-0.15, -0.1) is 0 Å². The smallest absolute Gasteiger partial charge is 0.254 e. The molecular formula is C17H18BrClN4O2. The van der Waals surface area contributed by atoms with Crippen molar-refractivity contribution in [1.29, 1.82) is 5.41 Å². The number of para-hydroxylation sites is 1. The van der Waals surface area contributed by atoms with Gasteiger partial charge < -0.3 is 20.3 Å². The minimum atomic E-state index is -0.350. The highest BCUT2D eigenvalue weighted by Crippen LogP contribution is 2.22. The van der Waals surface area contributed by atoms with Gasteiger partial charge in [-0.05, 0) is 40.2 Å². The molecule has 1 aliphatic rings. The minimum absolute atomic E-state index is 0.113. The Bertz CT molecular complexity index is 761. The predicted octanol–water partition coefficient (Wildman–Crippen LogP) is 3.14. The number of carbonyl (C=O) groups is 1. The Morgan fingerprint density at radius 1 is 1.44 bits per heavy atom. The fraction of sp³-hybridized carbons (Fsp3) is 0.176. The summed E-state index contributed by atoms with van der Waals surface area (Å²) in [6.45, 7) is 0. The maximum Gasteiger partial charge on any atom is 0.254 e. The SMILES string of the molecule is CNC(=O)c1ccccc1O/C(=C/C(=N)Br)NC1C(Cl)=CC=CN1C. The summed E-state index contributed by atoms with van der Waals surface area (Å²) in [6, 6.07) is 6.86. The van der Waals surface area contributed by atoms with Crippen LogP contribution in [0.2, 0.25) is 0 Å². The van der Waals surface area contributed by atoms with Gasteiger partial charge in [0, 0.05) is 26.4 Å². The molecule has 6 nitrogen and oxygen atoms in total. The third-order valence-electron chi connectivity index (χ3n) is 3.36. The lowest BCUT2D eigenvalue weighted by molar-refractivity contribution is 0.0960. The Morgan fingerprint density at radius 2 is 2.16 bits per heavy atom. The van der Waals surface area contributed by atoms with E-state index in [1.54, 1.807) is 37.4 Å². The van der Waals surface area contributed by atoms with Crippen molar-refractivity contribution in [3.63, 3.8) is 0 Å². The number of nitrogens with one attached hydrogen (secondary N) is 3. The Balaban J connectivity index is 2.29. The number of carbonyl (C=O) groups excluding carboxylic acids is 1. The van der Waals surface area contributed by atoms with Crippen LogP contribution in [0.5, 0.6) is 5.75 Å². The monoisotopic (exact) mass is 424 g/mol. The molecule has 1 aliphatic heterocycles. The summed E-state index contributed by atoms with van der Waals surface area (Å²) in [5.41, 5.74) is 0.386. The van der Waals surface area contributed by atoms with Crippen molar-refractivity contribution in [1.82, 2.24) is 15.5 Å². The number of amides is 1. The highest BCUT2D eigenvalue weighted by molar-refractivity contribution is 9.18. The minimum Gasteiger partial charge on any atom is -0.440 e. The van der Waals surface area contributed by atoms with Crippen LogP contribution in [0.4, 0.5) is 0 Å². The Hall–Kier alpha value is -2.25. The average Bonchev–Trinajstić information content (AvgIpc) is 2.57. The van der Waals surface area contributed by atoms with Crippen molar-refractivity contribution >= 4 is 38.1 Å². The Morgan fingerprint density at radius 3 is 2.80 bits per heavy atom. The summed E-state index contributed by atoms with van der Waals surface area (Å²) < 4.78 is 5.97. The first-order valence-corrected chi connectivity index (χ1v) is 8.56. The summed E-state index contributed by atoms with van der Waals surface area (Å²) in [6.07, 6.45) is 6.57. The molecule has 1 unspecified atom stereocenters. The van der Waals surface area contributed by atoms with Crippen molar-refractivity contribution in [2.75, 3.05) is 14.1 Å². The normalized spacial score (nSPS) is 17.0. The van der Waals surface area contributed by atoms with Gasteiger partial charge in [0.25, 0.3) is 5.91 Å². The maximum absolute atomic E-state index is 12.0. The van der Waals surface area contributed by atoms with Crippen LogP contribution in [-0.2, 0) is 0 Å². The van der Waals surface area contributed by atoms with Crippen molar-refractivity contribution in [2.45, 2.75) is 6.17 Å². The number of ether oxygens (including phenoxy) is 1. The average molecular weight is 426 g/mol. The fourth-order valence-corrected chi connectivity index (χ4v) is 2.65. The molecule has 0 bridgehead atoms. The summed E-state index contributed by atoms with van der Waals surface area (Å²) >= 11 is 9.34. The molecule has 0 radical (unpaired) electrons. The Kier molecular flexibility index (Phi) is 6.66. The van der Waals surface area contributed by atoms with Crippen LogP contribution in [0.1, 0.15) is 10.4 Å². The molecule has 0 fully saturated rings. The molecule has 1 amide bonds. The van der Waals surface area contributed by atoms with Crippen LogP contribution in [-0.4, -0.2) is 35.7 Å². The number of halogens is 2. The zero-order chi connectivity index (χ0) is 18.4. The molecule has 1 aromatic carbocycles. The first-order chi connectivity index (χ1) is 11.9. The highest BCUT2D eigenvalue weighted by Gasteiger charge is 2.21. The molecule has 0 saturated carbocycles. The summed E-state index contributed by atoms with van der Waals surface area (Å²) in [5.74, 6) is 0.375. The highest BCUT2D eigenvalue weighted by atomic mass is 79.9. The van der Waals surface area contributed by atoms with E-state index in [0.717, 1.165) is 0 Å². The molecule has 1 aromatic rings. The number of rotatable bonds is 6. The van der Waals surface area contributed by atoms with Crippen LogP contribution >= 0.6 is 27.5 Å². The van der Waals surface area contributed by atoms with Crippen LogP contribution in [0.3, 0.4) is 0 Å². The van der Waals surface area contributed by atoms with Crippen LogP contribution < -0.4 is 15.4 Å². The van der Waals surface area contributed by atoms with Gasteiger partial charge >= 0.3 is 0 Å². The predicted molar refractivity (Wildman–Crippen MR) is 103 cm³/mol. The van der Waals surface area contributed by atoms with E-state index in [2.05, 4.69) is 26.6 Å². The number of likely N-dealkylation sites (N-methyl/N-ethyl adjacent to an activating group) is 1. The number of nitrogens with zero attached hydrogens (tertiary/aromatic N) is 1. The zero-order valence-corrected chi connectivity index (χ0v) is 16.1. The lowest BCUT2D eigenvalue weighted by atomic mass is 10.2. The molecule has 25 heavy (non-hydrogen) atoms. The first-order valence-electron chi connectivity index (χ1n) is 7.39. The largest absolute Gasteiger partial charge is 0.440 e. The molecule has 2 rings (SSSR count). The maximum atomic E-state index is 12.0. The van der Waals surface area contributed by atoms with E-state index < -0.39 is 0 Å². The summed E-state index contributed by atoms with van der Waals surface area (Å²) in [7, 11) is 3.41. The van der Waals surface area contributed by atoms with Crippen LogP contribution in [0.15, 0.2) is 59.6 Å². The van der Waals surface area contributed by atoms with Crippen molar-refractivity contribution in [3.05, 3.63) is 65.2 Å². The van der Waals surface area contributed by atoms with Gasteiger partial charge in [0.2, 0.25) is 0 Å². The van der Waals surface area contributed by atoms with E-state index >= 15 is 0 Å². The third kappa shape index (κ3) is 5.11. The van der Waals surface area contributed by atoms with E-state index in [1.165, 1.54) is 6.08 Å². The van der Waals surface area contributed by atoms with Gasteiger partial charge in [-0.2, -0.15) is 0 Å². The number of hydrogen-bond donors (Lipinski definition) is 3. The zero-order valence-electron chi connectivity index (χ0n) is 13.7. The molecule has 1 atom stereocenters. The summed E-state index contributed by atoms with van der Waals surface area (Å²) in [4.78, 5) is 13.9. The van der Waals surface area contributed by atoms with Crippen molar-refractivity contribution < 1.29 is 9.53 Å². The second kappa shape index (κ2) is 8.73. The van der Waals surface area contributed by atoms with E-state index in [0.29, 0.717) is 16.3 Å². The van der Waals surface area contributed by atoms with Gasteiger partial charge in [-0.25, -0.2) is 0 Å². The molecule has 3 N–H and O–H groups in total. The molecule has 0 saturated heterocycles. The standard InChI is InChI=1S/C17H18BrClN4O2/c1-21-17(24)11-6-3-4-8-13(11)25-15(10-14(18)20)22-16-12(19)7-5-9-23(16)2/h3-10,16,20,22H,1-2H3,(H,21,24)/b15-10+,20-14?. The fourth-order valence-electron chi connectivity index (χ4n) is 2.16. The van der Waals surface area contributed by atoms with Crippen LogP contribution in [0.25, 0.3) is 0 Å².